The Kier molecular flexibility index (Phi) is 12.7. The van der Waals surface area contributed by atoms with Gasteiger partial charge in [-0.2, -0.15) is 21.6 Å². The molecule has 1 saturated heterocycles. The third-order valence-electron chi connectivity index (χ3n) is 4.38. The van der Waals surface area contributed by atoms with Crippen molar-refractivity contribution in [3.63, 3.8) is 0 Å². The van der Waals surface area contributed by atoms with Gasteiger partial charge in [-0.05, 0) is 31.8 Å². The lowest BCUT2D eigenvalue weighted by molar-refractivity contribution is -0.0510. The largest absolute Gasteiger partial charge is 0.522 e. The Balaban J connectivity index is 0.000000609. The van der Waals surface area contributed by atoms with Crippen LogP contribution in [0, 0.1) is 5.92 Å². The zero-order valence-corrected chi connectivity index (χ0v) is 16.3. The summed E-state index contributed by atoms with van der Waals surface area (Å²) in [7, 11) is -5.84. The molecule has 4 nitrogen and oxygen atoms in total. The molecule has 1 atom stereocenters. The average Bonchev–Trinajstić information content (AvgIpc) is 2.90. The summed E-state index contributed by atoms with van der Waals surface area (Å²) in [6.45, 7) is 8.75. The van der Waals surface area contributed by atoms with Gasteiger partial charge in [0.05, 0.1) is 0 Å². The second kappa shape index (κ2) is 12.9. The van der Waals surface area contributed by atoms with Crippen LogP contribution in [-0.4, -0.2) is 43.0 Å². The molecule has 0 aromatic heterocycles. The van der Waals surface area contributed by atoms with Gasteiger partial charge in [0.1, 0.15) is 0 Å². The van der Waals surface area contributed by atoms with Crippen molar-refractivity contribution in [2.45, 2.75) is 83.6 Å². The van der Waals surface area contributed by atoms with Crippen molar-refractivity contribution in [2.75, 3.05) is 19.6 Å². The fourth-order valence-corrected chi connectivity index (χ4v) is 2.88. The van der Waals surface area contributed by atoms with Crippen molar-refractivity contribution in [1.82, 2.24) is 4.90 Å². The lowest BCUT2D eigenvalue weighted by Crippen LogP contribution is -2.21. The number of nitrogens with zero attached hydrogens (tertiary/aromatic N) is 1. The summed E-state index contributed by atoms with van der Waals surface area (Å²) in [4.78, 5) is 2.66. The molecule has 1 unspecified atom stereocenters. The molecule has 152 valence electrons. The second-order valence-corrected chi connectivity index (χ2v) is 8.36. The molecule has 0 bridgehead atoms. The highest BCUT2D eigenvalue weighted by atomic mass is 32.2. The topological polar surface area (TPSA) is 57.6 Å². The predicted octanol–water partition coefficient (Wildman–Crippen LogP) is 5.25. The number of unbranched alkanes of at least 4 members (excludes halogenated alkanes) is 8. The number of alkyl halides is 3. The van der Waals surface area contributed by atoms with Crippen molar-refractivity contribution in [2.24, 2.45) is 5.92 Å². The van der Waals surface area contributed by atoms with E-state index in [0.717, 1.165) is 5.92 Å². The highest BCUT2D eigenvalue weighted by Gasteiger charge is 2.44. The van der Waals surface area contributed by atoms with Crippen molar-refractivity contribution >= 4 is 10.1 Å². The Bertz CT molecular complexity index is 427. The molecule has 1 aliphatic rings. The van der Waals surface area contributed by atoms with E-state index in [0.29, 0.717) is 0 Å². The summed E-state index contributed by atoms with van der Waals surface area (Å²) in [6, 6.07) is 0. The van der Waals surface area contributed by atoms with Crippen LogP contribution >= 0.6 is 0 Å². The Morgan fingerprint density at radius 2 is 1.44 bits per heavy atom. The summed E-state index contributed by atoms with van der Waals surface area (Å²) in [5.74, 6) is 0.952. The molecule has 0 amide bonds. The molecule has 8 heteroatoms. The van der Waals surface area contributed by atoms with Crippen LogP contribution in [0.15, 0.2) is 0 Å². The van der Waals surface area contributed by atoms with Crippen molar-refractivity contribution in [1.29, 1.82) is 0 Å². The van der Waals surface area contributed by atoms with Gasteiger partial charge in [0.15, 0.2) is 0 Å². The Hall–Kier alpha value is -0.340. The fourth-order valence-electron chi connectivity index (χ4n) is 2.88. The molecule has 0 aromatic carbocycles. The SMILES string of the molecule is CCCCCCCCCCCN1CCC(C)C1.O=S(=O)(O)C(F)(F)F. The lowest BCUT2D eigenvalue weighted by Gasteiger charge is -2.14. The number of halogens is 3. The molecule has 0 saturated carbocycles. The Morgan fingerprint density at radius 1 is 1.00 bits per heavy atom. The number of likely N-dealkylation sites (tertiary alicyclic amines) is 1. The Morgan fingerprint density at radius 3 is 1.80 bits per heavy atom. The van der Waals surface area contributed by atoms with Crippen molar-refractivity contribution in [3.8, 4) is 0 Å². The van der Waals surface area contributed by atoms with E-state index in [-0.39, 0.29) is 0 Å². The molecule has 1 N–H and O–H groups in total. The van der Waals surface area contributed by atoms with Gasteiger partial charge in [-0.3, -0.25) is 4.55 Å². The minimum absolute atomic E-state index is 0.952. The zero-order valence-electron chi connectivity index (χ0n) is 15.5. The minimum Gasteiger partial charge on any atom is -0.303 e. The summed E-state index contributed by atoms with van der Waals surface area (Å²) in [5, 5.41) is 0. The maximum atomic E-state index is 10.7. The molecule has 1 aliphatic heterocycles. The van der Waals surface area contributed by atoms with Crippen molar-refractivity contribution < 1.29 is 26.1 Å². The van der Waals surface area contributed by atoms with Crippen LogP contribution in [0.3, 0.4) is 0 Å². The molecule has 0 aromatic rings. The Labute approximate surface area is 150 Å². The first-order valence-corrected chi connectivity index (χ1v) is 10.8. The molecule has 0 aliphatic carbocycles. The maximum absolute atomic E-state index is 10.7. The highest BCUT2D eigenvalue weighted by molar-refractivity contribution is 7.86. The van der Waals surface area contributed by atoms with Gasteiger partial charge >= 0.3 is 15.6 Å². The quantitative estimate of drug-likeness (QED) is 0.315. The third-order valence-corrected chi connectivity index (χ3v) is 4.96. The van der Waals surface area contributed by atoms with Crippen LogP contribution < -0.4 is 0 Å². The van der Waals surface area contributed by atoms with E-state index in [1.807, 2.05) is 0 Å². The third kappa shape index (κ3) is 13.5. The van der Waals surface area contributed by atoms with E-state index in [2.05, 4.69) is 18.7 Å². The first kappa shape index (κ1) is 24.7. The summed E-state index contributed by atoms with van der Waals surface area (Å²) < 4.78 is 57.5. The molecular weight excluding hydrogens is 355 g/mol. The van der Waals surface area contributed by atoms with Crippen molar-refractivity contribution in [3.05, 3.63) is 0 Å². The van der Waals surface area contributed by atoms with Gasteiger partial charge in [0.2, 0.25) is 0 Å². The molecule has 25 heavy (non-hydrogen) atoms. The van der Waals surface area contributed by atoms with Crippen LogP contribution in [-0.2, 0) is 10.1 Å². The van der Waals surface area contributed by atoms with Crippen LogP contribution in [0.2, 0.25) is 0 Å². The molecular formula is C17H34F3NO3S. The van der Waals surface area contributed by atoms with Gasteiger partial charge in [0.25, 0.3) is 0 Å². The molecule has 1 heterocycles. The van der Waals surface area contributed by atoms with E-state index in [4.69, 9.17) is 13.0 Å². The molecule has 1 rings (SSSR count). The molecule has 0 radical (unpaired) electrons. The lowest BCUT2D eigenvalue weighted by atomic mass is 10.1. The second-order valence-electron chi connectivity index (χ2n) is 6.94. The summed E-state index contributed by atoms with van der Waals surface area (Å²) >= 11 is 0. The fraction of sp³-hybridized carbons (Fsp3) is 1.00. The number of hydrogen-bond donors (Lipinski definition) is 1. The molecule has 1 fully saturated rings. The minimum atomic E-state index is -5.84. The van der Waals surface area contributed by atoms with Gasteiger partial charge < -0.3 is 4.90 Å². The maximum Gasteiger partial charge on any atom is 0.522 e. The van der Waals surface area contributed by atoms with E-state index in [1.54, 1.807) is 0 Å². The standard InChI is InChI=1S/C16H33N.CHF3O3S/c1-3-4-5-6-7-8-9-10-11-13-17-14-12-16(2)15-17;2-1(3,4)8(5,6)7/h16H,3-15H2,1-2H3;(H,5,6,7). The summed E-state index contributed by atoms with van der Waals surface area (Å²) in [6.07, 6.45) is 14.5. The van der Waals surface area contributed by atoms with Crippen LogP contribution in [0.5, 0.6) is 0 Å². The van der Waals surface area contributed by atoms with Gasteiger partial charge in [0, 0.05) is 6.54 Å². The normalized spacial score (nSPS) is 18.9. The van der Waals surface area contributed by atoms with Gasteiger partial charge in [-0.15, -0.1) is 0 Å². The number of hydrogen-bond acceptors (Lipinski definition) is 3. The molecule has 0 spiro atoms. The van der Waals surface area contributed by atoms with E-state index in [1.165, 1.54) is 83.8 Å². The first-order chi connectivity index (χ1) is 11.6. The monoisotopic (exact) mass is 389 g/mol. The first-order valence-electron chi connectivity index (χ1n) is 9.34. The van der Waals surface area contributed by atoms with Crippen LogP contribution in [0.4, 0.5) is 13.2 Å². The smallest absolute Gasteiger partial charge is 0.303 e. The van der Waals surface area contributed by atoms with E-state index in [9.17, 15) is 13.2 Å². The van der Waals surface area contributed by atoms with E-state index < -0.39 is 15.6 Å². The van der Waals surface area contributed by atoms with E-state index >= 15 is 0 Å². The van der Waals surface area contributed by atoms with Gasteiger partial charge in [-0.25, -0.2) is 0 Å². The predicted molar refractivity (Wildman–Crippen MR) is 95.1 cm³/mol. The average molecular weight is 390 g/mol. The van der Waals surface area contributed by atoms with Gasteiger partial charge in [-0.1, -0.05) is 65.2 Å². The zero-order chi connectivity index (χ0) is 19.3. The number of rotatable bonds is 10. The van der Waals surface area contributed by atoms with Crippen LogP contribution in [0.25, 0.3) is 0 Å². The summed E-state index contributed by atoms with van der Waals surface area (Å²) in [5.41, 5.74) is -5.53. The van der Waals surface area contributed by atoms with Crippen LogP contribution in [0.1, 0.15) is 78.1 Å². The highest BCUT2D eigenvalue weighted by Crippen LogP contribution is 2.20.